The Balaban J connectivity index is 1.36. The van der Waals surface area contributed by atoms with Crippen LogP contribution >= 0.6 is 11.3 Å². The van der Waals surface area contributed by atoms with E-state index in [4.69, 9.17) is 4.74 Å². The van der Waals surface area contributed by atoms with Crippen LogP contribution in [0.15, 0.2) is 48.5 Å². The van der Waals surface area contributed by atoms with Crippen LogP contribution < -0.4 is 20.3 Å². The summed E-state index contributed by atoms with van der Waals surface area (Å²) in [5.74, 6) is 0.521. The van der Waals surface area contributed by atoms with Crippen molar-refractivity contribution in [2.45, 2.75) is 12.8 Å². The molecule has 148 valence electrons. The van der Waals surface area contributed by atoms with Gasteiger partial charge in [0.1, 0.15) is 10.8 Å². The molecule has 3 amide bonds. The van der Waals surface area contributed by atoms with Crippen molar-refractivity contribution in [1.82, 2.24) is 10.2 Å². The first kappa shape index (κ1) is 18.9. The van der Waals surface area contributed by atoms with Crippen molar-refractivity contribution < 1.29 is 14.3 Å². The Hall–Kier alpha value is -3.46. The smallest absolute Gasteiger partial charge is 0.325 e. The highest BCUT2D eigenvalue weighted by molar-refractivity contribution is 7.15. The van der Waals surface area contributed by atoms with Crippen molar-refractivity contribution in [2.24, 2.45) is 0 Å². The highest BCUT2D eigenvalue weighted by Gasteiger charge is 2.25. The first-order valence-corrected chi connectivity index (χ1v) is 9.87. The summed E-state index contributed by atoms with van der Waals surface area (Å²) >= 11 is 1.18. The lowest BCUT2D eigenvalue weighted by molar-refractivity contribution is -0.117. The molecule has 0 radical (unpaired) electrons. The number of urea groups is 1. The molecule has 2 N–H and O–H groups in total. The van der Waals surface area contributed by atoms with Crippen LogP contribution in [-0.2, 0) is 17.6 Å². The Morgan fingerprint density at radius 2 is 1.90 bits per heavy atom. The van der Waals surface area contributed by atoms with Gasteiger partial charge in [-0.2, -0.15) is 0 Å². The first-order chi connectivity index (χ1) is 14.1. The lowest BCUT2D eigenvalue weighted by atomic mass is 10.2. The minimum Gasteiger partial charge on any atom is -0.495 e. The molecule has 1 aliphatic rings. The molecule has 8 nitrogen and oxygen atoms in total. The highest BCUT2D eigenvalue weighted by atomic mass is 32.1. The Kier molecular flexibility index (Phi) is 5.39. The Labute approximate surface area is 171 Å². The van der Waals surface area contributed by atoms with Crippen LogP contribution in [0.2, 0.25) is 0 Å². The molecule has 2 aromatic carbocycles. The Morgan fingerprint density at radius 3 is 2.76 bits per heavy atom. The van der Waals surface area contributed by atoms with E-state index in [1.807, 2.05) is 30.3 Å². The number of nitrogens with one attached hydrogen (secondary N) is 2. The summed E-state index contributed by atoms with van der Waals surface area (Å²) in [7, 11) is 1.53. The Morgan fingerprint density at radius 1 is 1.10 bits per heavy atom. The zero-order valence-corrected chi connectivity index (χ0v) is 16.5. The van der Waals surface area contributed by atoms with E-state index in [0.717, 1.165) is 12.1 Å². The van der Waals surface area contributed by atoms with Crippen LogP contribution in [0.25, 0.3) is 0 Å². The van der Waals surface area contributed by atoms with E-state index in [1.54, 1.807) is 23.1 Å². The second-order valence-corrected chi connectivity index (χ2v) is 7.44. The number of aromatic nitrogens is 2. The molecule has 9 heteroatoms. The number of anilines is 3. The van der Waals surface area contributed by atoms with Crippen molar-refractivity contribution in [2.75, 3.05) is 29.2 Å². The van der Waals surface area contributed by atoms with E-state index in [1.165, 1.54) is 24.0 Å². The quantitative estimate of drug-likeness (QED) is 0.674. The van der Waals surface area contributed by atoms with Gasteiger partial charge in [-0.1, -0.05) is 41.7 Å². The molecular formula is C20H19N5O3S. The van der Waals surface area contributed by atoms with Crippen molar-refractivity contribution in [3.8, 4) is 5.75 Å². The number of ether oxygens (including phenoxy) is 1. The predicted octanol–water partition coefficient (Wildman–Crippen LogP) is 3.32. The van der Waals surface area contributed by atoms with Gasteiger partial charge in [0.25, 0.3) is 0 Å². The molecular weight excluding hydrogens is 390 g/mol. The van der Waals surface area contributed by atoms with Gasteiger partial charge in [-0.05, 0) is 30.2 Å². The average molecular weight is 409 g/mol. The number of rotatable bonds is 5. The molecule has 0 unspecified atom stereocenters. The number of carbonyl (C=O) groups excluding carboxylic acids is 2. The first-order valence-electron chi connectivity index (χ1n) is 9.05. The Bertz CT molecular complexity index is 1050. The number of amides is 3. The zero-order chi connectivity index (χ0) is 20.2. The number of benzene rings is 2. The number of carbonyl (C=O) groups is 2. The topological polar surface area (TPSA) is 96.5 Å². The zero-order valence-electron chi connectivity index (χ0n) is 15.7. The predicted molar refractivity (Wildman–Crippen MR) is 112 cm³/mol. The summed E-state index contributed by atoms with van der Waals surface area (Å²) in [6.45, 7) is 0.670. The second-order valence-electron chi connectivity index (χ2n) is 6.38. The molecule has 29 heavy (non-hydrogen) atoms. The molecule has 0 aliphatic carbocycles. The largest absolute Gasteiger partial charge is 0.495 e. The summed E-state index contributed by atoms with van der Waals surface area (Å²) in [6, 6.07) is 14.5. The molecule has 1 aromatic heterocycles. The lowest BCUT2D eigenvalue weighted by Crippen LogP contribution is -2.30. The van der Waals surface area contributed by atoms with Gasteiger partial charge in [0, 0.05) is 12.2 Å². The number of fused-ring (bicyclic) bond motifs is 1. The molecule has 3 aromatic rings. The summed E-state index contributed by atoms with van der Waals surface area (Å²) in [5, 5.41) is 14.2. The van der Waals surface area contributed by atoms with Crippen molar-refractivity contribution >= 4 is 39.8 Å². The monoisotopic (exact) mass is 409 g/mol. The van der Waals surface area contributed by atoms with E-state index < -0.39 is 6.03 Å². The van der Waals surface area contributed by atoms with Crippen molar-refractivity contribution in [3.05, 3.63) is 59.1 Å². The van der Waals surface area contributed by atoms with E-state index in [9.17, 15) is 9.59 Å². The van der Waals surface area contributed by atoms with Crippen molar-refractivity contribution in [1.29, 1.82) is 0 Å². The number of para-hydroxylation sites is 3. The number of hydrogen-bond acceptors (Lipinski definition) is 6. The molecule has 2 heterocycles. The fourth-order valence-electron chi connectivity index (χ4n) is 3.20. The standard InChI is InChI=1S/C20H19N5O3S/c1-28-16-9-5-3-7-14(16)21-19(27)22-20-24-23-17(29-20)12-18(26)25-11-10-13-6-2-4-8-15(13)25/h2-9H,10-12H2,1H3,(H2,21,22,24,27). The van der Waals surface area contributed by atoms with Gasteiger partial charge in [-0.25, -0.2) is 4.79 Å². The molecule has 1 aliphatic heterocycles. The van der Waals surface area contributed by atoms with E-state index in [-0.39, 0.29) is 12.3 Å². The third-order valence-electron chi connectivity index (χ3n) is 4.53. The normalized spacial score (nSPS) is 12.4. The van der Waals surface area contributed by atoms with Gasteiger partial charge < -0.3 is 15.0 Å². The van der Waals surface area contributed by atoms with Gasteiger partial charge in [-0.15, -0.1) is 10.2 Å². The third-order valence-corrected chi connectivity index (χ3v) is 5.37. The fourth-order valence-corrected chi connectivity index (χ4v) is 3.92. The molecule has 0 saturated carbocycles. The molecule has 0 saturated heterocycles. The second kappa shape index (κ2) is 8.27. The van der Waals surface area contributed by atoms with E-state index in [2.05, 4.69) is 20.8 Å². The van der Waals surface area contributed by atoms with E-state index >= 15 is 0 Å². The number of hydrogen-bond donors (Lipinski definition) is 2. The fraction of sp³-hybridized carbons (Fsp3) is 0.200. The molecule has 0 fully saturated rings. The summed E-state index contributed by atoms with van der Waals surface area (Å²) in [4.78, 5) is 26.7. The summed E-state index contributed by atoms with van der Waals surface area (Å²) < 4.78 is 5.21. The van der Waals surface area contributed by atoms with E-state index in [0.29, 0.717) is 28.1 Å². The van der Waals surface area contributed by atoms with Gasteiger partial charge >= 0.3 is 6.03 Å². The van der Waals surface area contributed by atoms with Crippen molar-refractivity contribution in [3.63, 3.8) is 0 Å². The van der Waals surface area contributed by atoms with Gasteiger partial charge in [0.05, 0.1) is 19.2 Å². The maximum absolute atomic E-state index is 12.7. The van der Waals surface area contributed by atoms with Crippen LogP contribution in [-0.4, -0.2) is 35.8 Å². The number of nitrogens with zero attached hydrogens (tertiary/aromatic N) is 3. The maximum atomic E-state index is 12.7. The van der Waals surface area contributed by atoms with Gasteiger partial charge in [0.15, 0.2) is 0 Å². The molecule has 0 bridgehead atoms. The average Bonchev–Trinajstić information content (AvgIpc) is 3.35. The third kappa shape index (κ3) is 4.19. The summed E-state index contributed by atoms with van der Waals surface area (Å²) in [5.41, 5.74) is 2.67. The van der Waals surface area contributed by atoms with Crippen LogP contribution in [0.4, 0.5) is 21.3 Å². The molecule has 4 rings (SSSR count). The highest BCUT2D eigenvalue weighted by Crippen LogP contribution is 2.28. The molecule has 0 atom stereocenters. The summed E-state index contributed by atoms with van der Waals surface area (Å²) in [6.07, 6.45) is 0.996. The SMILES string of the molecule is COc1ccccc1NC(=O)Nc1nnc(CC(=O)N2CCc3ccccc32)s1. The van der Waals surface area contributed by atoms with Crippen LogP contribution in [0, 0.1) is 0 Å². The minimum absolute atomic E-state index is 0.0314. The minimum atomic E-state index is -0.461. The number of methoxy groups -OCH3 is 1. The van der Waals surface area contributed by atoms with Crippen LogP contribution in [0.5, 0.6) is 5.75 Å². The van der Waals surface area contributed by atoms with Crippen LogP contribution in [0.3, 0.4) is 0 Å². The molecule has 0 spiro atoms. The van der Waals surface area contributed by atoms with Gasteiger partial charge in [0.2, 0.25) is 11.0 Å². The van der Waals surface area contributed by atoms with Gasteiger partial charge in [-0.3, -0.25) is 10.1 Å². The maximum Gasteiger partial charge on any atom is 0.325 e. The lowest BCUT2D eigenvalue weighted by Gasteiger charge is -2.16. The van der Waals surface area contributed by atoms with Crippen LogP contribution in [0.1, 0.15) is 10.6 Å².